The van der Waals surface area contributed by atoms with E-state index in [0.717, 1.165) is 37.8 Å². The molecule has 0 aliphatic carbocycles. The zero-order valence-corrected chi connectivity index (χ0v) is 30.7. The minimum absolute atomic E-state index is 0.272. The Kier molecular flexibility index (Phi) is 23.0. The molecule has 230 valence electrons. The van der Waals surface area contributed by atoms with Crippen molar-refractivity contribution in [3.8, 4) is 0 Å². The molecule has 0 radical (unpaired) electrons. The van der Waals surface area contributed by atoms with Crippen molar-refractivity contribution in [1.29, 1.82) is 0 Å². The van der Waals surface area contributed by atoms with Crippen molar-refractivity contribution in [2.45, 2.75) is 118 Å². The normalized spacial score (nSPS) is 13.4. The van der Waals surface area contributed by atoms with E-state index >= 15 is 0 Å². The maximum absolute atomic E-state index is 6.07. The van der Waals surface area contributed by atoms with Gasteiger partial charge in [-0.25, -0.2) is 0 Å². The molecule has 0 saturated heterocycles. The molecule has 8 nitrogen and oxygen atoms in total. The third-order valence-corrected chi connectivity index (χ3v) is 16.7. The smallest absolute Gasteiger partial charge is 0.374 e. The quantitative estimate of drug-likeness (QED) is 0.0368. The van der Waals surface area contributed by atoms with Gasteiger partial charge in [0.15, 0.2) is 0 Å². The van der Waals surface area contributed by atoms with E-state index in [4.69, 9.17) is 34.9 Å². The van der Waals surface area contributed by atoms with Crippen molar-refractivity contribution >= 4 is 59.4 Å². The Morgan fingerprint density at radius 1 is 0.474 bits per heavy atom. The zero-order chi connectivity index (χ0) is 29.0. The van der Waals surface area contributed by atoms with E-state index in [1.165, 1.54) is 22.1 Å². The van der Waals surface area contributed by atoms with Crippen molar-refractivity contribution in [2.75, 3.05) is 39.6 Å². The Labute approximate surface area is 251 Å². The van der Waals surface area contributed by atoms with Gasteiger partial charge in [-0.3, -0.25) is 8.37 Å². The van der Waals surface area contributed by atoms with Crippen LogP contribution in [0.1, 0.15) is 94.9 Å². The fourth-order valence-corrected chi connectivity index (χ4v) is 13.2. The first kappa shape index (κ1) is 39.5. The summed E-state index contributed by atoms with van der Waals surface area (Å²) in [7, 11) is -2.09. The van der Waals surface area contributed by atoms with Crippen LogP contribution in [-0.4, -0.2) is 68.5 Å². The van der Waals surface area contributed by atoms with Gasteiger partial charge >= 0.3 is 17.6 Å². The molecule has 0 heterocycles. The fraction of sp³-hybridized carbons (Fsp3) is 1.00. The van der Waals surface area contributed by atoms with Gasteiger partial charge in [0.25, 0.3) is 0 Å². The van der Waals surface area contributed by atoms with Crippen LogP contribution in [0, 0.1) is 0 Å². The largest absolute Gasteiger partial charge is 0.500 e. The van der Waals surface area contributed by atoms with E-state index in [1.807, 2.05) is 41.5 Å². The molecular weight excluding hydrogens is 601 g/mol. The van der Waals surface area contributed by atoms with Crippen LogP contribution in [0.25, 0.3) is 0 Å². The van der Waals surface area contributed by atoms with Gasteiger partial charge in [0.2, 0.25) is 0 Å². The molecular formula is C24H54O8S4Si2. The highest BCUT2D eigenvalue weighted by molar-refractivity contribution is 9.25. The molecule has 0 fully saturated rings. The summed E-state index contributed by atoms with van der Waals surface area (Å²) in [5.41, 5.74) is -0.544. The van der Waals surface area contributed by atoms with Crippen molar-refractivity contribution < 1.29 is 34.9 Å². The molecule has 0 aromatic carbocycles. The van der Waals surface area contributed by atoms with Gasteiger partial charge in [-0.1, -0.05) is 0 Å². The van der Waals surface area contributed by atoms with E-state index in [9.17, 15) is 0 Å². The monoisotopic (exact) mass is 654 g/mol. The fourth-order valence-electron chi connectivity index (χ4n) is 3.78. The molecule has 0 bridgehead atoms. The first-order chi connectivity index (χ1) is 18.0. The highest BCUT2D eigenvalue weighted by Gasteiger charge is 2.41. The minimum atomic E-state index is -2.61. The van der Waals surface area contributed by atoms with Gasteiger partial charge in [0.05, 0.1) is 33.4 Å². The molecule has 0 rings (SSSR count). The predicted molar refractivity (Wildman–Crippen MR) is 170 cm³/mol. The van der Waals surface area contributed by atoms with Crippen LogP contribution < -0.4 is 0 Å². The second kappa shape index (κ2) is 22.1. The molecule has 0 amide bonds. The second-order valence-corrected chi connectivity index (χ2v) is 20.1. The van der Waals surface area contributed by atoms with Crippen molar-refractivity contribution in [3.63, 3.8) is 0 Å². The Balaban J connectivity index is 4.34. The molecule has 0 aliphatic heterocycles. The Morgan fingerprint density at radius 3 is 0.974 bits per heavy atom. The standard InChI is InChI=1S/C24H54O8S4Si2/c1-11-25-37(26-12-2,27-13-3)21-17-19-23(7,8)31-33-35-36-34-32-24(9,10)20-18-22-38(28-14-4,29-15-5)30-16-6/h11-22H2,1-10H3. The summed E-state index contributed by atoms with van der Waals surface area (Å²) in [6, 6.07) is 1.59. The van der Waals surface area contributed by atoms with Crippen LogP contribution in [-0.2, 0) is 34.9 Å². The zero-order valence-electron chi connectivity index (χ0n) is 25.4. The number of rotatable bonds is 27. The molecule has 0 aromatic rings. The van der Waals surface area contributed by atoms with Gasteiger partial charge in [0, 0.05) is 71.4 Å². The van der Waals surface area contributed by atoms with Crippen LogP contribution in [0.2, 0.25) is 12.1 Å². The first-order valence-corrected chi connectivity index (χ1v) is 22.4. The van der Waals surface area contributed by atoms with E-state index < -0.39 is 17.6 Å². The number of hydrogen-bond acceptors (Lipinski definition) is 12. The van der Waals surface area contributed by atoms with E-state index in [1.54, 1.807) is 19.7 Å². The predicted octanol–water partition coefficient (Wildman–Crippen LogP) is 8.74. The summed E-state index contributed by atoms with van der Waals surface area (Å²) in [6.07, 6.45) is 3.62. The molecule has 0 saturated carbocycles. The van der Waals surface area contributed by atoms with Gasteiger partial charge in [0.1, 0.15) is 0 Å². The maximum Gasteiger partial charge on any atom is 0.500 e. The summed E-state index contributed by atoms with van der Waals surface area (Å²) < 4.78 is 47.9. The lowest BCUT2D eigenvalue weighted by Gasteiger charge is -2.30. The Hall–Kier alpha value is 1.51. The molecule has 38 heavy (non-hydrogen) atoms. The van der Waals surface area contributed by atoms with Crippen molar-refractivity contribution in [1.82, 2.24) is 0 Å². The molecule has 14 heteroatoms. The molecule has 0 aliphatic rings. The topological polar surface area (TPSA) is 73.8 Å². The lowest BCUT2D eigenvalue weighted by Crippen LogP contribution is -2.46. The molecule has 0 atom stereocenters. The van der Waals surface area contributed by atoms with Crippen LogP contribution >= 0.6 is 41.8 Å². The second-order valence-electron chi connectivity index (χ2n) is 9.63. The van der Waals surface area contributed by atoms with Crippen LogP contribution in [0.3, 0.4) is 0 Å². The summed E-state index contributed by atoms with van der Waals surface area (Å²) in [5.74, 6) is 0. The maximum atomic E-state index is 6.07. The van der Waals surface area contributed by atoms with Crippen molar-refractivity contribution in [2.24, 2.45) is 0 Å². The average molecular weight is 655 g/mol. The van der Waals surface area contributed by atoms with E-state index in [0.29, 0.717) is 39.6 Å². The minimum Gasteiger partial charge on any atom is -0.374 e. The van der Waals surface area contributed by atoms with E-state index in [-0.39, 0.29) is 11.2 Å². The van der Waals surface area contributed by atoms with Crippen LogP contribution in [0.15, 0.2) is 0 Å². The van der Waals surface area contributed by atoms with Crippen LogP contribution in [0.5, 0.6) is 0 Å². The van der Waals surface area contributed by atoms with Gasteiger partial charge in [-0.05, 0) is 94.9 Å². The first-order valence-electron chi connectivity index (χ1n) is 13.9. The lowest BCUT2D eigenvalue weighted by atomic mass is 10.0. The Morgan fingerprint density at radius 2 is 0.737 bits per heavy atom. The summed E-state index contributed by atoms with van der Waals surface area (Å²) in [5, 5.41) is 0. The molecule has 0 aromatic heterocycles. The summed E-state index contributed by atoms with van der Waals surface area (Å²) in [6.45, 7) is 24.0. The van der Waals surface area contributed by atoms with Gasteiger partial charge in [-0.2, -0.15) is 0 Å². The third-order valence-electron chi connectivity index (χ3n) is 5.31. The number of hydrogen-bond donors (Lipinski definition) is 0. The average Bonchev–Trinajstić information content (AvgIpc) is 2.82. The summed E-state index contributed by atoms with van der Waals surface area (Å²) >= 11 is 2.78. The third kappa shape index (κ3) is 18.1. The lowest BCUT2D eigenvalue weighted by molar-refractivity contribution is 0.0667. The molecule has 0 spiro atoms. The summed E-state index contributed by atoms with van der Waals surface area (Å²) in [4.78, 5) is 0. The SMILES string of the molecule is CCO[Si](CCCC(C)(C)OSSSSOC(C)(C)CCC[Si](OCC)(OCC)OCC)(OCC)OCC. The Bertz CT molecular complexity index is 497. The molecule has 0 unspecified atom stereocenters. The highest BCUT2D eigenvalue weighted by Crippen LogP contribution is 2.47. The van der Waals surface area contributed by atoms with Crippen LogP contribution in [0.4, 0.5) is 0 Å². The van der Waals surface area contributed by atoms with Crippen molar-refractivity contribution in [3.05, 3.63) is 0 Å². The van der Waals surface area contributed by atoms with Gasteiger partial charge < -0.3 is 26.6 Å². The highest BCUT2D eigenvalue weighted by atomic mass is 33.7. The van der Waals surface area contributed by atoms with E-state index in [2.05, 4.69) is 27.7 Å². The molecule has 0 N–H and O–H groups in total. The van der Waals surface area contributed by atoms with Gasteiger partial charge in [-0.15, -0.1) is 0 Å².